The van der Waals surface area contributed by atoms with Gasteiger partial charge in [-0.25, -0.2) is 4.98 Å². The normalized spacial score (nSPS) is 11.2. The molecule has 0 spiro atoms. The summed E-state index contributed by atoms with van der Waals surface area (Å²) in [7, 11) is 0. The van der Waals surface area contributed by atoms with E-state index in [4.69, 9.17) is 17.3 Å². The van der Waals surface area contributed by atoms with Crippen molar-refractivity contribution in [3.63, 3.8) is 0 Å². The average Bonchev–Trinajstić information content (AvgIpc) is 2.79. The Morgan fingerprint density at radius 3 is 2.55 bits per heavy atom. The van der Waals surface area contributed by atoms with Gasteiger partial charge in [0.1, 0.15) is 0 Å². The molecule has 0 amide bonds. The molecule has 20 heavy (non-hydrogen) atoms. The fourth-order valence-electron chi connectivity index (χ4n) is 2.23. The molecule has 0 aliphatic rings. The van der Waals surface area contributed by atoms with Crippen LogP contribution in [0.3, 0.4) is 0 Å². The van der Waals surface area contributed by atoms with Crippen LogP contribution in [0, 0.1) is 20.8 Å². The molecule has 0 saturated carbocycles. The Balaban J connectivity index is 2.30. The number of anilines is 1. The summed E-state index contributed by atoms with van der Waals surface area (Å²) in [6, 6.07) is 4.07. The number of benzene rings is 1. The van der Waals surface area contributed by atoms with Gasteiger partial charge in [0.25, 0.3) is 0 Å². The summed E-state index contributed by atoms with van der Waals surface area (Å²) < 4.78 is 1.08. The molecule has 0 atom stereocenters. The minimum atomic E-state index is 0.447. The fraction of sp³-hybridized carbons (Fsp3) is 0.214. The molecular formula is C14H13ClN4S. The molecule has 0 bridgehead atoms. The maximum atomic E-state index is 6.01. The molecule has 0 unspecified atom stereocenters. The first-order valence-electron chi connectivity index (χ1n) is 6.14. The van der Waals surface area contributed by atoms with Crippen molar-refractivity contribution in [1.82, 2.24) is 15.2 Å². The molecule has 6 heteroatoms. The SMILES string of the molecule is Cc1c(Cl)nnc(-c2ccc3sc(N)nc3c2C)c1C. The van der Waals surface area contributed by atoms with Gasteiger partial charge < -0.3 is 5.73 Å². The van der Waals surface area contributed by atoms with Gasteiger partial charge in [-0.3, -0.25) is 0 Å². The lowest BCUT2D eigenvalue weighted by atomic mass is 9.99. The Bertz CT molecular complexity index is 826. The predicted octanol–water partition coefficient (Wildman–Crippen LogP) is 3.91. The van der Waals surface area contributed by atoms with E-state index in [1.54, 1.807) is 0 Å². The molecule has 102 valence electrons. The Kier molecular flexibility index (Phi) is 3.11. The first-order chi connectivity index (χ1) is 9.49. The zero-order valence-corrected chi connectivity index (χ0v) is 12.9. The van der Waals surface area contributed by atoms with E-state index in [1.807, 2.05) is 32.9 Å². The summed E-state index contributed by atoms with van der Waals surface area (Å²) in [5, 5.41) is 9.29. The second-order valence-corrected chi connectivity index (χ2v) is 6.15. The van der Waals surface area contributed by atoms with Crippen LogP contribution in [0.4, 0.5) is 5.13 Å². The molecule has 3 rings (SSSR count). The van der Waals surface area contributed by atoms with Crippen LogP contribution in [0.1, 0.15) is 16.7 Å². The lowest BCUT2D eigenvalue weighted by Crippen LogP contribution is -1.98. The predicted molar refractivity (Wildman–Crippen MR) is 84.3 cm³/mol. The van der Waals surface area contributed by atoms with Gasteiger partial charge in [-0.15, -0.1) is 10.2 Å². The third kappa shape index (κ3) is 1.94. The Morgan fingerprint density at radius 1 is 1.05 bits per heavy atom. The van der Waals surface area contributed by atoms with Crippen molar-refractivity contribution in [2.75, 3.05) is 5.73 Å². The second kappa shape index (κ2) is 4.68. The van der Waals surface area contributed by atoms with Crippen molar-refractivity contribution in [1.29, 1.82) is 0 Å². The maximum Gasteiger partial charge on any atom is 0.181 e. The van der Waals surface area contributed by atoms with Crippen LogP contribution >= 0.6 is 22.9 Å². The van der Waals surface area contributed by atoms with E-state index in [9.17, 15) is 0 Å². The van der Waals surface area contributed by atoms with Gasteiger partial charge in [0.2, 0.25) is 0 Å². The highest BCUT2D eigenvalue weighted by atomic mass is 35.5. The maximum absolute atomic E-state index is 6.01. The molecule has 0 aliphatic heterocycles. The van der Waals surface area contributed by atoms with Crippen molar-refractivity contribution < 1.29 is 0 Å². The summed E-state index contributed by atoms with van der Waals surface area (Å²) in [4.78, 5) is 4.39. The number of nitrogens with two attached hydrogens (primary N) is 1. The summed E-state index contributed by atoms with van der Waals surface area (Å²) in [6.07, 6.45) is 0. The van der Waals surface area contributed by atoms with Crippen LogP contribution in [-0.2, 0) is 0 Å². The number of aryl methyl sites for hydroxylation is 1. The number of rotatable bonds is 1. The molecule has 3 aromatic rings. The summed E-state index contributed by atoms with van der Waals surface area (Å²) in [5.41, 5.74) is 11.6. The molecule has 0 fully saturated rings. The van der Waals surface area contributed by atoms with E-state index >= 15 is 0 Å². The monoisotopic (exact) mass is 304 g/mol. The van der Waals surface area contributed by atoms with Crippen LogP contribution in [0.5, 0.6) is 0 Å². The highest BCUT2D eigenvalue weighted by Crippen LogP contribution is 2.34. The summed E-state index contributed by atoms with van der Waals surface area (Å²) in [5.74, 6) is 0. The number of hydrogen-bond acceptors (Lipinski definition) is 5. The Morgan fingerprint density at radius 2 is 1.80 bits per heavy atom. The quantitative estimate of drug-likeness (QED) is 0.740. The van der Waals surface area contributed by atoms with Gasteiger partial charge in [0.15, 0.2) is 10.3 Å². The van der Waals surface area contributed by atoms with E-state index < -0.39 is 0 Å². The van der Waals surface area contributed by atoms with Gasteiger partial charge in [0.05, 0.1) is 15.9 Å². The van der Waals surface area contributed by atoms with E-state index in [2.05, 4.69) is 15.2 Å². The van der Waals surface area contributed by atoms with Gasteiger partial charge in [-0.1, -0.05) is 29.0 Å². The zero-order chi connectivity index (χ0) is 14.4. The molecule has 2 heterocycles. The molecular weight excluding hydrogens is 292 g/mol. The molecule has 2 N–H and O–H groups in total. The minimum Gasteiger partial charge on any atom is -0.375 e. The number of aromatic nitrogens is 3. The zero-order valence-electron chi connectivity index (χ0n) is 11.4. The van der Waals surface area contributed by atoms with Crippen LogP contribution in [-0.4, -0.2) is 15.2 Å². The minimum absolute atomic E-state index is 0.447. The lowest BCUT2D eigenvalue weighted by Gasteiger charge is -2.10. The van der Waals surface area contributed by atoms with Gasteiger partial charge in [0, 0.05) is 5.56 Å². The standard InChI is InChI=1S/C14H13ClN4S/c1-6-7(2)13(15)19-18-11(6)9-4-5-10-12(8(9)3)17-14(16)20-10/h4-5H,1-3H3,(H2,16,17). The largest absolute Gasteiger partial charge is 0.375 e. The summed E-state index contributed by atoms with van der Waals surface area (Å²) >= 11 is 7.50. The fourth-order valence-corrected chi connectivity index (χ4v) is 3.20. The third-order valence-corrected chi connectivity index (χ3v) is 4.76. The molecule has 1 aromatic carbocycles. The lowest BCUT2D eigenvalue weighted by molar-refractivity contribution is 1.00. The van der Waals surface area contributed by atoms with Crippen molar-refractivity contribution in [2.24, 2.45) is 0 Å². The highest BCUT2D eigenvalue weighted by molar-refractivity contribution is 7.22. The second-order valence-electron chi connectivity index (χ2n) is 4.73. The van der Waals surface area contributed by atoms with Crippen LogP contribution in [0.15, 0.2) is 12.1 Å². The van der Waals surface area contributed by atoms with Gasteiger partial charge in [-0.2, -0.15) is 0 Å². The van der Waals surface area contributed by atoms with E-state index in [-0.39, 0.29) is 0 Å². The molecule has 2 aromatic heterocycles. The van der Waals surface area contributed by atoms with Crippen LogP contribution in [0.25, 0.3) is 21.5 Å². The van der Waals surface area contributed by atoms with E-state index in [1.165, 1.54) is 11.3 Å². The Hall–Kier alpha value is -1.72. The topological polar surface area (TPSA) is 64.7 Å². The van der Waals surface area contributed by atoms with E-state index in [0.29, 0.717) is 10.3 Å². The number of thiazole rings is 1. The molecule has 0 aliphatic carbocycles. The number of nitrogen functional groups attached to an aromatic ring is 1. The molecule has 0 radical (unpaired) electrons. The van der Waals surface area contributed by atoms with E-state index in [0.717, 1.165) is 38.2 Å². The third-order valence-electron chi connectivity index (χ3n) is 3.55. The summed E-state index contributed by atoms with van der Waals surface area (Å²) in [6.45, 7) is 5.98. The van der Waals surface area contributed by atoms with Crippen molar-refractivity contribution >= 4 is 38.3 Å². The van der Waals surface area contributed by atoms with Gasteiger partial charge in [-0.05, 0) is 43.5 Å². The number of hydrogen-bond donors (Lipinski definition) is 1. The van der Waals surface area contributed by atoms with Crippen molar-refractivity contribution in [3.05, 3.63) is 34.0 Å². The van der Waals surface area contributed by atoms with Crippen LogP contribution < -0.4 is 5.73 Å². The first kappa shape index (κ1) is 13.3. The number of fused-ring (bicyclic) bond motifs is 1. The number of halogens is 1. The average molecular weight is 305 g/mol. The molecule has 4 nitrogen and oxygen atoms in total. The number of nitrogens with zero attached hydrogens (tertiary/aromatic N) is 3. The van der Waals surface area contributed by atoms with Crippen molar-refractivity contribution in [2.45, 2.75) is 20.8 Å². The first-order valence-corrected chi connectivity index (χ1v) is 7.34. The van der Waals surface area contributed by atoms with Crippen molar-refractivity contribution in [3.8, 4) is 11.3 Å². The van der Waals surface area contributed by atoms with Gasteiger partial charge >= 0.3 is 0 Å². The highest BCUT2D eigenvalue weighted by Gasteiger charge is 2.15. The Labute approximate surface area is 125 Å². The molecule has 0 saturated heterocycles. The smallest absolute Gasteiger partial charge is 0.181 e. The van der Waals surface area contributed by atoms with Crippen LogP contribution in [0.2, 0.25) is 5.15 Å².